The molecule has 0 amide bonds. The number of halogens is 1. The highest BCUT2D eigenvalue weighted by atomic mass is 79.9. The van der Waals surface area contributed by atoms with Crippen molar-refractivity contribution in [3.05, 3.63) is 29.8 Å². The lowest BCUT2D eigenvalue weighted by Gasteiger charge is -2.03. The van der Waals surface area contributed by atoms with Crippen LogP contribution in [0.4, 0.5) is 0 Å². The van der Waals surface area contributed by atoms with Crippen molar-refractivity contribution in [1.29, 1.82) is 0 Å². The first-order chi connectivity index (χ1) is 7.72. The second-order valence-corrected chi connectivity index (χ2v) is 3.67. The van der Waals surface area contributed by atoms with Crippen molar-refractivity contribution >= 4 is 28.1 Å². The molecule has 86 valence electrons. The fourth-order valence-electron chi connectivity index (χ4n) is 1.00. The predicted octanol–water partition coefficient (Wildman–Crippen LogP) is 1.07. The molecule has 4 N–H and O–H groups in total. The molecule has 0 aliphatic rings. The van der Waals surface area contributed by atoms with Gasteiger partial charge in [0.2, 0.25) is 5.96 Å². The van der Waals surface area contributed by atoms with Crippen molar-refractivity contribution in [2.75, 3.05) is 11.9 Å². The average Bonchev–Trinajstić information content (AvgIpc) is 2.26. The first-order valence-electron chi connectivity index (χ1n) is 4.63. The summed E-state index contributed by atoms with van der Waals surface area (Å²) >= 11 is 3.29. The Labute approximate surface area is 102 Å². The third-order valence-electron chi connectivity index (χ3n) is 1.58. The third-order valence-corrected chi connectivity index (χ3v) is 1.91. The van der Waals surface area contributed by atoms with Crippen molar-refractivity contribution in [3.8, 4) is 5.75 Å². The van der Waals surface area contributed by atoms with E-state index in [0.717, 1.165) is 16.6 Å². The zero-order valence-electron chi connectivity index (χ0n) is 8.64. The Bertz CT molecular complexity index is 388. The Hall–Kier alpha value is -1.56. The van der Waals surface area contributed by atoms with Gasteiger partial charge in [0, 0.05) is 5.33 Å². The molecule has 0 bridgehead atoms. The maximum atomic E-state index is 5.43. The van der Waals surface area contributed by atoms with E-state index in [9.17, 15) is 0 Å². The number of hydrogen-bond donors (Lipinski definition) is 2. The number of ether oxygens (including phenoxy) is 1. The van der Waals surface area contributed by atoms with Crippen molar-refractivity contribution in [3.63, 3.8) is 0 Å². The Morgan fingerprint density at radius 1 is 1.44 bits per heavy atom. The van der Waals surface area contributed by atoms with Gasteiger partial charge in [-0.15, -0.1) is 5.10 Å². The van der Waals surface area contributed by atoms with Gasteiger partial charge < -0.3 is 16.2 Å². The van der Waals surface area contributed by atoms with Crippen LogP contribution < -0.4 is 16.2 Å². The molecule has 1 aromatic rings. The molecule has 0 heterocycles. The fraction of sp³-hybridized carbons (Fsp3) is 0.200. The van der Waals surface area contributed by atoms with E-state index in [0.29, 0.717) is 6.61 Å². The van der Waals surface area contributed by atoms with E-state index in [1.807, 2.05) is 24.3 Å². The van der Waals surface area contributed by atoms with E-state index < -0.39 is 0 Å². The minimum Gasteiger partial charge on any atom is -0.493 e. The zero-order valence-corrected chi connectivity index (χ0v) is 10.2. The van der Waals surface area contributed by atoms with E-state index in [2.05, 4.69) is 26.1 Å². The first kappa shape index (κ1) is 12.5. The van der Waals surface area contributed by atoms with Crippen LogP contribution in [0.5, 0.6) is 5.75 Å². The van der Waals surface area contributed by atoms with E-state index in [4.69, 9.17) is 16.2 Å². The van der Waals surface area contributed by atoms with Crippen LogP contribution in [0.3, 0.4) is 0 Å². The van der Waals surface area contributed by atoms with Gasteiger partial charge in [0.15, 0.2) is 0 Å². The maximum Gasteiger partial charge on any atom is 0.211 e. The van der Waals surface area contributed by atoms with Gasteiger partial charge in [0.05, 0.1) is 12.8 Å². The number of alkyl halides is 1. The third kappa shape index (κ3) is 4.79. The van der Waals surface area contributed by atoms with Gasteiger partial charge in [-0.2, -0.15) is 5.10 Å². The molecule has 1 aromatic carbocycles. The van der Waals surface area contributed by atoms with Gasteiger partial charge in [-0.1, -0.05) is 28.1 Å². The first-order valence-corrected chi connectivity index (χ1v) is 5.75. The summed E-state index contributed by atoms with van der Waals surface area (Å²) in [6.45, 7) is 0.620. The summed E-state index contributed by atoms with van der Waals surface area (Å²) in [6, 6.07) is 7.49. The molecule has 0 saturated heterocycles. The minimum absolute atomic E-state index is 0.0667. The maximum absolute atomic E-state index is 5.43. The monoisotopic (exact) mass is 284 g/mol. The van der Waals surface area contributed by atoms with Crippen molar-refractivity contribution in [1.82, 2.24) is 0 Å². The summed E-state index contributed by atoms with van der Waals surface area (Å²) < 4.78 is 5.43. The summed E-state index contributed by atoms with van der Waals surface area (Å²) in [5.74, 6) is 0.719. The van der Waals surface area contributed by atoms with Gasteiger partial charge in [-0.05, 0) is 17.7 Å². The molecule has 0 spiro atoms. The Morgan fingerprint density at radius 3 is 2.94 bits per heavy atom. The standard InChI is InChI=1S/C10H13BrN4O/c11-4-5-16-9-3-1-2-8(6-9)7-14-15-10(12)13/h1-3,6-7H,4-5H2,(H4,12,13,15). The molecule has 0 fully saturated rings. The molecule has 6 heteroatoms. The molecule has 0 atom stereocenters. The number of hydrogen-bond acceptors (Lipinski definition) is 3. The largest absolute Gasteiger partial charge is 0.493 e. The van der Waals surface area contributed by atoms with Gasteiger partial charge in [0.25, 0.3) is 0 Å². The smallest absolute Gasteiger partial charge is 0.211 e. The summed E-state index contributed by atoms with van der Waals surface area (Å²) in [6.07, 6.45) is 1.56. The van der Waals surface area contributed by atoms with Crippen LogP contribution in [0, 0.1) is 0 Å². The SMILES string of the molecule is NC(N)=NN=Cc1cccc(OCCBr)c1. The van der Waals surface area contributed by atoms with Gasteiger partial charge >= 0.3 is 0 Å². The molecular formula is C10H13BrN4O. The minimum atomic E-state index is -0.0667. The molecule has 0 aliphatic carbocycles. The molecular weight excluding hydrogens is 272 g/mol. The average molecular weight is 285 g/mol. The highest BCUT2D eigenvalue weighted by molar-refractivity contribution is 9.09. The van der Waals surface area contributed by atoms with Gasteiger partial charge in [-0.25, -0.2) is 0 Å². The van der Waals surface area contributed by atoms with Crippen LogP contribution in [0.2, 0.25) is 0 Å². The topological polar surface area (TPSA) is 86.0 Å². The van der Waals surface area contributed by atoms with Gasteiger partial charge in [-0.3, -0.25) is 0 Å². The van der Waals surface area contributed by atoms with Crippen LogP contribution in [0.1, 0.15) is 5.56 Å². The lowest BCUT2D eigenvalue weighted by molar-refractivity contribution is 0.345. The number of guanidine groups is 1. The molecule has 0 unspecified atom stereocenters. The molecule has 1 rings (SSSR count). The summed E-state index contributed by atoms with van der Waals surface area (Å²) in [7, 11) is 0. The van der Waals surface area contributed by atoms with Crippen LogP contribution in [0.25, 0.3) is 0 Å². The second-order valence-electron chi connectivity index (χ2n) is 2.88. The summed E-state index contributed by atoms with van der Waals surface area (Å²) in [5, 5.41) is 8.01. The molecule has 0 saturated carbocycles. The summed E-state index contributed by atoms with van der Waals surface area (Å²) in [5.41, 5.74) is 11.1. The van der Waals surface area contributed by atoms with E-state index in [1.54, 1.807) is 6.21 Å². The summed E-state index contributed by atoms with van der Waals surface area (Å²) in [4.78, 5) is 0. The highest BCUT2D eigenvalue weighted by Gasteiger charge is 1.94. The number of rotatable bonds is 5. The fourth-order valence-corrected chi connectivity index (χ4v) is 1.17. The van der Waals surface area contributed by atoms with Crippen molar-refractivity contribution in [2.45, 2.75) is 0 Å². The zero-order chi connectivity index (χ0) is 11.8. The number of nitrogens with zero attached hydrogens (tertiary/aromatic N) is 2. The Balaban J connectivity index is 2.67. The molecule has 0 aromatic heterocycles. The number of nitrogens with two attached hydrogens (primary N) is 2. The second kappa shape index (κ2) is 6.84. The molecule has 0 aliphatic heterocycles. The van der Waals surface area contributed by atoms with Crippen LogP contribution in [0.15, 0.2) is 34.5 Å². The molecule has 0 radical (unpaired) electrons. The highest BCUT2D eigenvalue weighted by Crippen LogP contribution is 2.12. The Morgan fingerprint density at radius 2 is 2.25 bits per heavy atom. The van der Waals surface area contributed by atoms with Crippen molar-refractivity contribution < 1.29 is 4.74 Å². The van der Waals surface area contributed by atoms with Crippen LogP contribution in [-0.4, -0.2) is 24.1 Å². The van der Waals surface area contributed by atoms with Crippen LogP contribution in [-0.2, 0) is 0 Å². The predicted molar refractivity (Wildman–Crippen MR) is 69.1 cm³/mol. The number of benzene rings is 1. The molecule has 16 heavy (non-hydrogen) atoms. The lowest BCUT2D eigenvalue weighted by atomic mass is 10.2. The van der Waals surface area contributed by atoms with E-state index >= 15 is 0 Å². The van der Waals surface area contributed by atoms with Gasteiger partial charge in [0.1, 0.15) is 5.75 Å². The molecule has 5 nitrogen and oxygen atoms in total. The normalized spacial score (nSPS) is 10.3. The van der Waals surface area contributed by atoms with Crippen LogP contribution >= 0.6 is 15.9 Å². The van der Waals surface area contributed by atoms with E-state index in [1.165, 1.54) is 0 Å². The van der Waals surface area contributed by atoms with E-state index in [-0.39, 0.29) is 5.96 Å². The quantitative estimate of drug-likeness (QED) is 0.367. The van der Waals surface area contributed by atoms with Crippen molar-refractivity contribution in [2.24, 2.45) is 21.7 Å². The Kier molecular flexibility index (Phi) is 5.35. The lowest BCUT2D eigenvalue weighted by Crippen LogP contribution is -2.21.